The maximum absolute atomic E-state index is 13.8. The van der Waals surface area contributed by atoms with Crippen molar-refractivity contribution in [3.63, 3.8) is 0 Å². The van der Waals surface area contributed by atoms with Crippen molar-refractivity contribution in [2.75, 3.05) is 20.8 Å². The number of carbonyl (C=O) groups excluding carboxylic acids is 1. The van der Waals surface area contributed by atoms with Crippen LogP contribution < -0.4 is 9.47 Å². The summed E-state index contributed by atoms with van der Waals surface area (Å²) in [6.07, 6.45) is 2.23. The number of hydrogen-bond donors (Lipinski definition) is 0. The van der Waals surface area contributed by atoms with Gasteiger partial charge in [-0.05, 0) is 63.9 Å². The van der Waals surface area contributed by atoms with Crippen LogP contribution in [0.25, 0.3) is 5.69 Å². The third kappa shape index (κ3) is 3.80. The van der Waals surface area contributed by atoms with Crippen LogP contribution in [0.4, 0.5) is 0 Å². The molecule has 0 bridgehead atoms. The van der Waals surface area contributed by atoms with Crippen molar-refractivity contribution in [1.29, 1.82) is 0 Å². The summed E-state index contributed by atoms with van der Waals surface area (Å²) in [5, 5.41) is 11.3. The SMILES string of the molecule is COc1cc2c(cc1OC)C(c1ccccc1)N(C(=O)c1cccc(-n3cnnn3)c1)CC2. The Hall–Kier alpha value is -4.20. The highest BCUT2D eigenvalue weighted by molar-refractivity contribution is 5.95. The number of tetrazole rings is 1. The maximum atomic E-state index is 13.8. The van der Waals surface area contributed by atoms with Gasteiger partial charge in [-0.1, -0.05) is 36.4 Å². The Bertz CT molecular complexity index is 1270. The standard InChI is InChI=1S/C25H23N5O3/c1-32-22-14-18-11-12-29(24(17-7-4-3-5-8-17)21(18)15-23(22)33-2)25(31)19-9-6-10-20(13-19)30-16-26-27-28-30/h3-10,13-16,24H,11-12H2,1-2H3. The quantitative estimate of drug-likeness (QED) is 0.472. The van der Waals surface area contributed by atoms with Gasteiger partial charge in [0.25, 0.3) is 5.91 Å². The van der Waals surface area contributed by atoms with Gasteiger partial charge in [0.1, 0.15) is 6.33 Å². The number of aromatic nitrogens is 4. The summed E-state index contributed by atoms with van der Waals surface area (Å²) < 4.78 is 12.6. The highest BCUT2D eigenvalue weighted by Gasteiger charge is 2.34. The molecule has 1 aromatic heterocycles. The third-order valence-corrected chi connectivity index (χ3v) is 5.96. The minimum absolute atomic E-state index is 0.0563. The molecule has 0 aliphatic carbocycles. The molecule has 1 amide bonds. The monoisotopic (exact) mass is 441 g/mol. The third-order valence-electron chi connectivity index (χ3n) is 5.96. The van der Waals surface area contributed by atoms with E-state index in [9.17, 15) is 4.79 Å². The van der Waals surface area contributed by atoms with Crippen LogP contribution in [0.5, 0.6) is 11.5 Å². The minimum atomic E-state index is -0.251. The van der Waals surface area contributed by atoms with Crippen molar-refractivity contribution in [2.45, 2.75) is 12.5 Å². The van der Waals surface area contributed by atoms with Crippen LogP contribution in [0.3, 0.4) is 0 Å². The number of hydrogen-bond acceptors (Lipinski definition) is 6. The van der Waals surface area contributed by atoms with Crippen LogP contribution >= 0.6 is 0 Å². The summed E-state index contributed by atoms with van der Waals surface area (Å²) >= 11 is 0. The summed E-state index contributed by atoms with van der Waals surface area (Å²) in [5.41, 5.74) is 4.53. The molecule has 1 aliphatic rings. The molecule has 0 saturated heterocycles. The first kappa shape index (κ1) is 20.7. The second-order valence-electron chi connectivity index (χ2n) is 7.77. The highest BCUT2D eigenvalue weighted by Crippen LogP contribution is 2.41. The molecule has 0 N–H and O–H groups in total. The molecule has 4 aromatic rings. The number of carbonyl (C=O) groups is 1. The number of rotatable bonds is 5. The molecular formula is C25H23N5O3. The molecule has 5 rings (SSSR count). The maximum Gasteiger partial charge on any atom is 0.254 e. The largest absolute Gasteiger partial charge is 0.493 e. The smallest absolute Gasteiger partial charge is 0.254 e. The molecule has 1 aliphatic heterocycles. The van der Waals surface area contributed by atoms with Gasteiger partial charge in [0.15, 0.2) is 11.5 Å². The molecule has 0 saturated carbocycles. The van der Waals surface area contributed by atoms with Crippen molar-refractivity contribution in [2.24, 2.45) is 0 Å². The van der Waals surface area contributed by atoms with E-state index in [-0.39, 0.29) is 11.9 Å². The highest BCUT2D eigenvalue weighted by atomic mass is 16.5. The molecule has 3 aromatic carbocycles. The van der Waals surface area contributed by atoms with Gasteiger partial charge in [0, 0.05) is 12.1 Å². The number of fused-ring (bicyclic) bond motifs is 1. The fraction of sp³-hybridized carbons (Fsp3) is 0.200. The molecule has 1 unspecified atom stereocenters. The average Bonchev–Trinajstić information content (AvgIpc) is 3.42. The Labute approximate surface area is 191 Å². The Morgan fingerprint density at radius 3 is 2.48 bits per heavy atom. The van der Waals surface area contributed by atoms with Crippen LogP contribution in [-0.2, 0) is 6.42 Å². The lowest BCUT2D eigenvalue weighted by Crippen LogP contribution is -2.40. The van der Waals surface area contributed by atoms with E-state index in [1.165, 1.54) is 11.0 Å². The van der Waals surface area contributed by atoms with Crippen molar-refractivity contribution in [3.05, 3.63) is 95.3 Å². The van der Waals surface area contributed by atoms with Crippen molar-refractivity contribution in [1.82, 2.24) is 25.1 Å². The molecular weight excluding hydrogens is 418 g/mol. The Balaban J connectivity index is 1.59. The van der Waals surface area contributed by atoms with Crippen molar-refractivity contribution in [3.8, 4) is 17.2 Å². The minimum Gasteiger partial charge on any atom is -0.493 e. The Morgan fingerprint density at radius 2 is 1.76 bits per heavy atom. The normalized spacial score (nSPS) is 15.1. The number of amides is 1. The number of benzene rings is 3. The van der Waals surface area contributed by atoms with Crippen LogP contribution in [0.15, 0.2) is 73.1 Å². The molecule has 8 heteroatoms. The zero-order valence-electron chi connectivity index (χ0n) is 18.4. The van der Waals surface area contributed by atoms with Gasteiger partial charge in [-0.2, -0.15) is 0 Å². The van der Waals surface area contributed by atoms with Gasteiger partial charge in [0.05, 0.1) is 25.9 Å². The van der Waals surface area contributed by atoms with E-state index in [0.29, 0.717) is 23.6 Å². The van der Waals surface area contributed by atoms with Crippen molar-refractivity contribution >= 4 is 5.91 Å². The first-order valence-electron chi connectivity index (χ1n) is 10.6. The van der Waals surface area contributed by atoms with E-state index in [2.05, 4.69) is 15.5 Å². The Kier molecular flexibility index (Phi) is 5.48. The predicted molar refractivity (Wildman–Crippen MR) is 122 cm³/mol. The van der Waals surface area contributed by atoms with Crippen molar-refractivity contribution < 1.29 is 14.3 Å². The summed E-state index contributed by atoms with van der Waals surface area (Å²) in [7, 11) is 3.26. The van der Waals surface area contributed by atoms with E-state index in [4.69, 9.17) is 9.47 Å². The van der Waals surface area contributed by atoms with Crippen LogP contribution in [0.1, 0.15) is 33.1 Å². The Morgan fingerprint density at radius 1 is 0.970 bits per heavy atom. The van der Waals surface area contributed by atoms with Gasteiger partial charge >= 0.3 is 0 Å². The molecule has 0 fully saturated rings. The number of nitrogens with zero attached hydrogens (tertiary/aromatic N) is 5. The first-order chi connectivity index (χ1) is 16.2. The van der Waals surface area contributed by atoms with E-state index in [1.807, 2.05) is 71.6 Å². The molecule has 8 nitrogen and oxygen atoms in total. The van der Waals surface area contributed by atoms with Crippen LogP contribution in [0.2, 0.25) is 0 Å². The second-order valence-corrected chi connectivity index (χ2v) is 7.77. The molecule has 1 atom stereocenters. The molecule has 2 heterocycles. The van der Waals surface area contributed by atoms with Crippen LogP contribution in [0, 0.1) is 0 Å². The molecule has 0 spiro atoms. The van der Waals surface area contributed by atoms with Gasteiger partial charge in [0.2, 0.25) is 0 Å². The summed E-state index contributed by atoms with van der Waals surface area (Å²) in [6, 6.07) is 21.2. The van der Waals surface area contributed by atoms with Gasteiger partial charge < -0.3 is 14.4 Å². The summed E-state index contributed by atoms with van der Waals surface area (Å²) in [4.78, 5) is 15.7. The number of ether oxygens (including phenoxy) is 2. The summed E-state index contributed by atoms with van der Waals surface area (Å²) in [5.74, 6) is 1.28. The molecule has 0 radical (unpaired) electrons. The lowest BCUT2D eigenvalue weighted by Gasteiger charge is -2.38. The average molecular weight is 441 g/mol. The topological polar surface area (TPSA) is 82.4 Å². The van der Waals surface area contributed by atoms with E-state index < -0.39 is 0 Å². The predicted octanol–water partition coefficient (Wildman–Crippen LogP) is 3.47. The molecule has 166 valence electrons. The van der Waals surface area contributed by atoms with Gasteiger partial charge in [-0.15, -0.1) is 5.10 Å². The fourth-order valence-electron chi connectivity index (χ4n) is 4.39. The lowest BCUT2D eigenvalue weighted by molar-refractivity contribution is 0.0694. The zero-order chi connectivity index (χ0) is 22.8. The zero-order valence-corrected chi connectivity index (χ0v) is 18.4. The van der Waals surface area contributed by atoms with E-state index in [1.54, 1.807) is 14.2 Å². The second kappa shape index (κ2) is 8.74. The van der Waals surface area contributed by atoms with Gasteiger partial charge in [-0.25, -0.2) is 4.68 Å². The van der Waals surface area contributed by atoms with E-state index >= 15 is 0 Å². The van der Waals surface area contributed by atoms with Crippen LogP contribution in [-0.4, -0.2) is 51.8 Å². The first-order valence-corrected chi connectivity index (χ1v) is 10.6. The summed E-state index contributed by atoms with van der Waals surface area (Å²) in [6.45, 7) is 0.579. The van der Waals surface area contributed by atoms with Gasteiger partial charge in [-0.3, -0.25) is 4.79 Å². The number of methoxy groups -OCH3 is 2. The fourth-order valence-corrected chi connectivity index (χ4v) is 4.39. The van der Waals surface area contributed by atoms with E-state index in [0.717, 1.165) is 28.8 Å². The molecule has 33 heavy (non-hydrogen) atoms. The lowest BCUT2D eigenvalue weighted by atomic mass is 9.87.